The van der Waals surface area contributed by atoms with Gasteiger partial charge in [0.2, 0.25) is 0 Å². The molecular formula is C10H19N3S. The van der Waals surface area contributed by atoms with E-state index in [1.165, 1.54) is 17.7 Å². The molecule has 0 aromatic carbocycles. The van der Waals surface area contributed by atoms with Gasteiger partial charge in [0, 0.05) is 17.6 Å². The first kappa shape index (κ1) is 11.6. The van der Waals surface area contributed by atoms with Crippen molar-refractivity contribution in [1.82, 2.24) is 10.3 Å². The summed E-state index contributed by atoms with van der Waals surface area (Å²) in [6.45, 7) is 4.88. The van der Waals surface area contributed by atoms with Crippen molar-refractivity contribution in [2.75, 3.05) is 13.1 Å². The van der Waals surface area contributed by atoms with Crippen LogP contribution >= 0.6 is 11.3 Å². The Bertz CT molecular complexity index is 247. The summed E-state index contributed by atoms with van der Waals surface area (Å²) in [6, 6.07) is 0. The number of aryl methyl sites for hydroxylation is 1. The monoisotopic (exact) mass is 213 g/mol. The van der Waals surface area contributed by atoms with Crippen molar-refractivity contribution in [1.29, 1.82) is 0 Å². The summed E-state index contributed by atoms with van der Waals surface area (Å²) in [5.41, 5.74) is 5.41. The molecule has 1 aromatic rings. The lowest BCUT2D eigenvalue weighted by atomic mass is 10.2. The molecule has 0 aliphatic heterocycles. The Balaban J connectivity index is 1.99. The highest BCUT2D eigenvalue weighted by atomic mass is 32.1. The van der Waals surface area contributed by atoms with Gasteiger partial charge in [0.25, 0.3) is 0 Å². The molecule has 0 amide bonds. The van der Waals surface area contributed by atoms with Gasteiger partial charge in [-0.1, -0.05) is 6.42 Å². The van der Waals surface area contributed by atoms with Crippen molar-refractivity contribution >= 4 is 11.3 Å². The van der Waals surface area contributed by atoms with Crippen molar-refractivity contribution in [2.24, 2.45) is 5.73 Å². The number of aromatic nitrogens is 1. The standard InChI is InChI=1S/C10H19N3S/c1-9-13-8-10(14-9)7-12-6-4-2-3-5-11/h8,12H,2-7,11H2,1H3. The van der Waals surface area contributed by atoms with Crippen molar-refractivity contribution in [3.63, 3.8) is 0 Å². The van der Waals surface area contributed by atoms with Gasteiger partial charge < -0.3 is 11.1 Å². The van der Waals surface area contributed by atoms with Crippen LogP contribution in [0.3, 0.4) is 0 Å². The van der Waals surface area contributed by atoms with Crippen LogP contribution in [0.4, 0.5) is 0 Å². The van der Waals surface area contributed by atoms with Crippen LogP contribution in [0, 0.1) is 6.92 Å². The van der Waals surface area contributed by atoms with E-state index in [9.17, 15) is 0 Å². The van der Waals surface area contributed by atoms with Gasteiger partial charge in [-0.25, -0.2) is 4.98 Å². The van der Waals surface area contributed by atoms with Gasteiger partial charge in [-0.15, -0.1) is 11.3 Å². The molecular weight excluding hydrogens is 194 g/mol. The summed E-state index contributed by atoms with van der Waals surface area (Å²) in [4.78, 5) is 5.53. The van der Waals surface area contributed by atoms with Crippen LogP contribution < -0.4 is 11.1 Å². The lowest BCUT2D eigenvalue weighted by Crippen LogP contribution is -2.14. The molecule has 0 saturated heterocycles. The highest BCUT2D eigenvalue weighted by Gasteiger charge is 1.96. The minimum atomic E-state index is 0.814. The maximum absolute atomic E-state index is 5.41. The summed E-state index contributed by atoms with van der Waals surface area (Å²) in [5, 5.41) is 4.55. The Labute approximate surface area is 89.7 Å². The molecule has 0 spiro atoms. The van der Waals surface area contributed by atoms with E-state index in [1.807, 2.05) is 13.1 Å². The van der Waals surface area contributed by atoms with Crippen molar-refractivity contribution in [3.8, 4) is 0 Å². The summed E-state index contributed by atoms with van der Waals surface area (Å²) in [6.07, 6.45) is 5.54. The van der Waals surface area contributed by atoms with Crippen LogP contribution in [0.25, 0.3) is 0 Å². The van der Waals surface area contributed by atoms with E-state index >= 15 is 0 Å². The molecule has 80 valence electrons. The van der Waals surface area contributed by atoms with Gasteiger partial charge in [0.15, 0.2) is 0 Å². The minimum Gasteiger partial charge on any atom is -0.330 e. The number of nitrogens with zero attached hydrogens (tertiary/aromatic N) is 1. The fourth-order valence-corrected chi connectivity index (χ4v) is 2.03. The maximum Gasteiger partial charge on any atom is 0.0897 e. The predicted molar refractivity (Wildman–Crippen MR) is 61.5 cm³/mol. The van der Waals surface area contributed by atoms with Crippen LogP contribution in [-0.4, -0.2) is 18.1 Å². The molecule has 4 heteroatoms. The first-order valence-corrected chi connectivity index (χ1v) is 5.96. The fourth-order valence-electron chi connectivity index (χ4n) is 1.27. The summed E-state index contributed by atoms with van der Waals surface area (Å²) < 4.78 is 0. The van der Waals surface area contributed by atoms with Crippen molar-refractivity contribution < 1.29 is 0 Å². The zero-order valence-electron chi connectivity index (χ0n) is 8.75. The molecule has 3 nitrogen and oxygen atoms in total. The van der Waals surface area contributed by atoms with Gasteiger partial charge in [0.1, 0.15) is 0 Å². The summed E-state index contributed by atoms with van der Waals surface area (Å²) in [7, 11) is 0. The van der Waals surface area contributed by atoms with Crippen LogP contribution in [-0.2, 0) is 6.54 Å². The van der Waals surface area contributed by atoms with Gasteiger partial charge in [-0.2, -0.15) is 0 Å². The van der Waals surface area contributed by atoms with Crippen LogP contribution in [0.1, 0.15) is 29.1 Å². The molecule has 0 aliphatic carbocycles. The minimum absolute atomic E-state index is 0.814. The Morgan fingerprint density at radius 2 is 2.29 bits per heavy atom. The number of hydrogen-bond donors (Lipinski definition) is 2. The molecule has 0 unspecified atom stereocenters. The second-order valence-corrected chi connectivity index (χ2v) is 4.69. The summed E-state index contributed by atoms with van der Waals surface area (Å²) in [5.74, 6) is 0. The Morgan fingerprint density at radius 1 is 1.43 bits per heavy atom. The molecule has 0 bridgehead atoms. The SMILES string of the molecule is Cc1ncc(CNCCCCCN)s1. The van der Waals surface area contributed by atoms with Crippen LogP contribution in [0.5, 0.6) is 0 Å². The molecule has 1 rings (SSSR count). The quantitative estimate of drug-likeness (QED) is 0.677. The van der Waals surface area contributed by atoms with E-state index in [0.717, 1.165) is 31.1 Å². The van der Waals surface area contributed by atoms with Crippen LogP contribution in [0.2, 0.25) is 0 Å². The molecule has 0 fully saturated rings. The number of thiazole rings is 1. The lowest BCUT2D eigenvalue weighted by Gasteiger charge is -2.01. The molecule has 0 atom stereocenters. The molecule has 0 aliphatic rings. The molecule has 14 heavy (non-hydrogen) atoms. The molecule has 1 aromatic heterocycles. The first-order valence-electron chi connectivity index (χ1n) is 5.15. The highest BCUT2D eigenvalue weighted by Crippen LogP contribution is 2.10. The average molecular weight is 213 g/mol. The average Bonchev–Trinajstić information content (AvgIpc) is 2.58. The highest BCUT2D eigenvalue weighted by molar-refractivity contribution is 7.11. The topological polar surface area (TPSA) is 50.9 Å². The zero-order valence-corrected chi connectivity index (χ0v) is 9.57. The second-order valence-electron chi connectivity index (χ2n) is 3.37. The van der Waals surface area contributed by atoms with Crippen molar-refractivity contribution in [2.45, 2.75) is 32.7 Å². The van der Waals surface area contributed by atoms with E-state index in [0.29, 0.717) is 0 Å². The van der Waals surface area contributed by atoms with Crippen molar-refractivity contribution in [3.05, 3.63) is 16.1 Å². The van der Waals surface area contributed by atoms with E-state index < -0.39 is 0 Å². The van der Waals surface area contributed by atoms with Gasteiger partial charge >= 0.3 is 0 Å². The number of unbranched alkanes of at least 4 members (excludes halogenated alkanes) is 2. The third-order valence-electron chi connectivity index (χ3n) is 2.03. The fraction of sp³-hybridized carbons (Fsp3) is 0.700. The van der Waals surface area contributed by atoms with E-state index in [-0.39, 0.29) is 0 Å². The summed E-state index contributed by atoms with van der Waals surface area (Å²) >= 11 is 1.76. The van der Waals surface area contributed by atoms with E-state index in [1.54, 1.807) is 11.3 Å². The zero-order chi connectivity index (χ0) is 10.2. The Hall–Kier alpha value is -0.450. The van der Waals surface area contributed by atoms with Crippen LogP contribution in [0.15, 0.2) is 6.20 Å². The molecule has 1 heterocycles. The van der Waals surface area contributed by atoms with E-state index in [2.05, 4.69) is 10.3 Å². The maximum atomic E-state index is 5.41. The second kappa shape index (κ2) is 6.92. The Kier molecular flexibility index (Phi) is 5.75. The van der Waals surface area contributed by atoms with Gasteiger partial charge in [-0.3, -0.25) is 0 Å². The van der Waals surface area contributed by atoms with Gasteiger partial charge in [-0.05, 0) is 32.9 Å². The number of hydrogen-bond acceptors (Lipinski definition) is 4. The third-order valence-corrected chi connectivity index (χ3v) is 2.94. The third kappa shape index (κ3) is 4.69. The number of rotatable bonds is 7. The smallest absolute Gasteiger partial charge is 0.0897 e. The lowest BCUT2D eigenvalue weighted by molar-refractivity contribution is 0.609. The normalized spacial score (nSPS) is 10.7. The Morgan fingerprint density at radius 3 is 2.93 bits per heavy atom. The molecule has 0 saturated carbocycles. The molecule has 0 radical (unpaired) electrons. The predicted octanol–water partition coefficient (Wildman–Crippen LogP) is 1.67. The number of nitrogens with two attached hydrogens (primary N) is 1. The number of nitrogens with one attached hydrogen (secondary N) is 1. The first-order chi connectivity index (χ1) is 6.83. The largest absolute Gasteiger partial charge is 0.330 e. The van der Waals surface area contributed by atoms with Gasteiger partial charge in [0.05, 0.1) is 5.01 Å². The van der Waals surface area contributed by atoms with E-state index in [4.69, 9.17) is 5.73 Å². The molecule has 3 N–H and O–H groups in total.